The number of benzene rings is 2. The van der Waals surface area contributed by atoms with E-state index in [1.54, 1.807) is 31.2 Å². The van der Waals surface area contributed by atoms with Crippen LogP contribution in [0.4, 0.5) is 13.2 Å². The highest BCUT2D eigenvalue weighted by molar-refractivity contribution is 6.30. The molecule has 0 aliphatic heterocycles. The first-order valence-corrected chi connectivity index (χ1v) is 8.51. The molecule has 136 valence electrons. The molecule has 0 N–H and O–H groups in total. The molecule has 0 radical (unpaired) electrons. The third-order valence-corrected chi connectivity index (χ3v) is 4.51. The van der Waals surface area contributed by atoms with Crippen molar-refractivity contribution in [3.63, 3.8) is 0 Å². The third-order valence-electron chi connectivity index (χ3n) is 4.26. The lowest BCUT2D eigenvalue weighted by atomic mass is 10.1. The van der Waals surface area contributed by atoms with Crippen LogP contribution >= 0.6 is 11.6 Å². The molecule has 0 amide bonds. The Labute approximate surface area is 158 Å². The standard InChI is InChI=1S/C20H13ClF3N3/c1-12-18(14-5-3-2-4-6-14)19-25-16(13-7-9-15(21)10-8-13)11-17(20(22,23)24)27(19)26-12/h2-11H,1H3. The zero-order valence-corrected chi connectivity index (χ0v) is 14.9. The summed E-state index contributed by atoms with van der Waals surface area (Å²) in [5.74, 6) is 0. The van der Waals surface area contributed by atoms with E-state index in [0.29, 0.717) is 21.8 Å². The lowest BCUT2D eigenvalue weighted by Gasteiger charge is -2.12. The number of rotatable bonds is 2. The fourth-order valence-electron chi connectivity index (χ4n) is 3.04. The first-order valence-electron chi connectivity index (χ1n) is 8.13. The van der Waals surface area contributed by atoms with E-state index < -0.39 is 11.9 Å². The SMILES string of the molecule is Cc1nn2c(C(F)(F)F)cc(-c3ccc(Cl)cc3)nc2c1-c1ccccc1. The minimum atomic E-state index is -4.57. The summed E-state index contributed by atoms with van der Waals surface area (Å²) in [4.78, 5) is 4.50. The summed E-state index contributed by atoms with van der Waals surface area (Å²) in [5, 5.41) is 4.62. The van der Waals surface area contributed by atoms with E-state index in [9.17, 15) is 13.2 Å². The molecular weight excluding hydrogens is 375 g/mol. The zero-order valence-electron chi connectivity index (χ0n) is 14.1. The Morgan fingerprint density at radius 2 is 1.59 bits per heavy atom. The van der Waals surface area contributed by atoms with Gasteiger partial charge in [0.1, 0.15) is 0 Å². The topological polar surface area (TPSA) is 30.2 Å². The van der Waals surface area contributed by atoms with Crippen molar-refractivity contribution in [2.24, 2.45) is 0 Å². The van der Waals surface area contributed by atoms with E-state index in [1.165, 1.54) is 0 Å². The van der Waals surface area contributed by atoms with Crippen molar-refractivity contribution in [2.75, 3.05) is 0 Å². The van der Waals surface area contributed by atoms with Gasteiger partial charge in [-0.25, -0.2) is 9.50 Å². The van der Waals surface area contributed by atoms with Crippen LogP contribution in [0.2, 0.25) is 5.02 Å². The molecule has 4 aromatic rings. The van der Waals surface area contributed by atoms with Gasteiger partial charge in [0, 0.05) is 16.1 Å². The van der Waals surface area contributed by atoms with Gasteiger partial charge in [0.2, 0.25) is 0 Å². The van der Waals surface area contributed by atoms with E-state index in [-0.39, 0.29) is 11.3 Å². The number of fused-ring (bicyclic) bond motifs is 1. The Hall–Kier alpha value is -2.86. The van der Waals surface area contributed by atoms with Crippen molar-refractivity contribution in [3.05, 3.63) is 77.1 Å². The molecule has 3 nitrogen and oxygen atoms in total. The van der Waals surface area contributed by atoms with Crippen LogP contribution in [-0.4, -0.2) is 14.6 Å². The highest BCUT2D eigenvalue weighted by Crippen LogP contribution is 2.36. The van der Waals surface area contributed by atoms with Crippen LogP contribution in [0.3, 0.4) is 0 Å². The summed E-state index contributed by atoms with van der Waals surface area (Å²) >= 11 is 5.89. The van der Waals surface area contributed by atoms with Gasteiger partial charge in [-0.15, -0.1) is 0 Å². The summed E-state index contributed by atoms with van der Waals surface area (Å²) < 4.78 is 42.0. The number of aryl methyl sites for hydroxylation is 1. The van der Waals surface area contributed by atoms with E-state index >= 15 is 0 Å². The number of hydrogen-bond acceptors (Lipinski definition) is 2. The van der Waals surface area contributed by atoms with E-state index in [4.69, 9.17) is 11.6 Å². The van der Waals surface area contributed by atoms with Crippen LogP contribution < -0.4 is 0 Å². The number of hydrogen-bond donors (Lipinski definition) is 0. The van der Waals surface area contributed by atoms with Gasteiger partial charge in [-0.05, 0) is 30.7 Å². The summed E-state index contributed by atoms with van der Waals surface area (Å²) in [6.07, 6.45) is -4.57. The maximum absolute atomic E-state index is 13.7. The van der Waals surface area contributed by atoms with E-state index in [0.717, 1.165) is 16.1 Å². The van der Waals surface area contributed by atoms with Crippen molar-refractivity contribution in [1.29, 1.82) is 0 Å². The molecule has 2 aromatic carbocycles. The third kappa shape index (κ3) is 3.17. The predicted molar refractivity (Wildman–Crippen MR) is 98.6 cm³/mol. The van der Waals surface area contributed by atoms with Gasteiger partial charge in [-0.1, -0.05) is 54.1 Å². The van der Waals surface area contributed by atoms with Gasteiger partial charge in [-0.3, -0.25) is 0 Å². The maximum atomic E-state index is 13.7. The Morgan fingerprint density at radius 1 is 0.926 bits per heavy atom. The first kappa shape index (κ1) is 17.5. The van der Waals surface area contributed by atoms with Crippen molar-refractivity contribution in [2.45, 2.75) is 13.1 Å². The van der Waals surface area contributed by atoms with Crippen molar-refractivity contribution in [3.8, 4) is 22.4 Å². The fraction of sp³-hybridized carbons (Fsp3) is 0.100. The van der Waals surface area contributed by atoms with Crippen LogP contribution in [0.15, 0.2) is 60.7 Å². The van der Waals surface area contributed by atoms with Crippen LogP contribution in [0, 0.1) is 6.92 Å². The lowest BCUT2D eigenvalue weighted by molar-refractivity contribution is -0.142. The molecule has 0 aliphatic carbocycles. The molecule has 0 spiro atoms. The minimum Gasteiger partial charge on any atom is -0.228 e. The minimum absolute atomic E-state index is 0.165. The monoisotopic (exact) mass is 387 g/mol. The lowest BCUT2D eigenvalue weighted by Crippen LogP contribution is -2.13. The second kappa shape index (κ2) is 6.39. The van der Waals surface area contributed by atoms with E-state index in [2.05, 4.69) is 10.1 Å². The molecule has 2 heterocycles. The Kier molecular flexibility index (Phi) is 4.15. The molecule has 0 saturated heterocycles. The number of alkyl halides is 3. The van der Waals surface area contributed by atoms with Gasteiger partial charge in [0.05, 0.1) is 11.4 Å². The predicted octanol–water partition coefficient (Wildman–Crippen LogP) is 6.04. The summed E-state index contributed by atoms with van der Waals surface area (Å²) in [5.41, 5.74) is 1.87. The normalized spacial score (nSPS) is 11.9. The summed E-state index contributed by atoms with van der Waals surface area (Å²) in [7, 11) is 0. The van der Waals surface area contributed by atoms with Crippen molar-refractivity contribution >= 4 is 17.2 Å². The molecule has 0 saturated carbocycles. The molecule has 0 bridgehead atoms. The molecule has 2 aromatic heterocycles. The average Bonchev–Trinajstić information content (AvgIpc) is 2.97. The molecule has 0 aliphatic rings. The average molecular weight is 388 g/mol. The second-order valence-corrected chi connectivity index (χ2v) is 6.53. The van der Waals surface area contributed by atoms with Crippen LogP contribution in [0.1, 0.15) is 11.4 Å². The summed E-state index contributed by atoms with van der Waals surface area (Å²) in [6, 6.07) is 16.7. The van der Waals surface area contributed by atoms with Crippen molar-refractivity contribution in [1.82, 2.24) is 14.6 Å². The van der Waals surface area contributed by atoms with Crippen LogP contribution in [0.25, 0.3) is 28.0 Å². The second-order valence-electron chi connectivity index (χ2n) is 6.09. The molecule has 0 fully saturated rings. The molecule has 0 unspecified atom stereocenters. The first-order chi connectivity index (χ1) is 12.8. The van der Waals surface area contributed by atoms with Gasteiger partial charge in [0.25, 0.3) is 0 Å². The Morgan fingerprint density at radius 3 is 2.22 bits per heavy atom. The summed E-state index contributed by atoms with van der Waals surface area (Å²) in [6.45, 7) is 1.68. The van der Waals surface area contributed by atoms with Crippen LogP contribution in [0.5, 0.6) is 0 Å². The van der Waals surface area contributed by atoms with Gasteiger partial charge in [0.15, 0.2) is 11.3 Å². The number of halogens is 4. The smallest absolute Gasteiger partial charge is 0.228 e. The molecule has 7 heteroatoms. The van der Waals surface area contributed by atoms with Gasteiger partial charge < -0.3 is 0 Å². The number of aromatic nitrogens is 3. The highest BCUT2D eigenvalue weighted by Gasteiger charge is 2.36. The maximum Gasteiger partial charge on any atom is 0.433 e. The fourth-order valence-corrected chi connectivity index (χ4v) is 3.16. The van der Waals surface area contributed by atoms with Crippen molar-refractivity contribution < 1.29 is 13.2 Å². The molecular formula is C20H13ClF3N3. The van der Waals surface area contributed by atoms with E-state index in [1.807, 2.05) is 30.3 Å². The quantitative estimate of drug-likeness (QED) is 0.419. The molecule has 4 rings (SSSR count). The Bertz CT molecular complexity index is 1120. The zero-order chi connectivity index (χ0) is 19.2. The van der Waals surface area contributed by atoms with Gasteiger partial charge in [-0.2, -0.15) is 18.3 Å². The Balaban J connectivity index is 2.06. The highest BCUT2D eigenvalue weighted by atomic mass is 35.5. The van der Waals surface area contributed by atoms with Gasteiger partial charge >= 0.3 is 6.18 Å². The molecule has 27 heavy (non-hydrogen) atoms. The largest absolute Gasteiger partial charge is 0.433 e. The number of nitrogens with zero attached hydrogens (tertiary/aromatic N) is 3. The molecule has 0 atom stereocenters. The van der Waals surface area contributed by atoms with Crippen LogP contribution in [-0.2, 0) is 6.18 Å².